The smallest absolute Gasteiger partial charge is 0.0635 e. The lowest BCUT2D eigenvalue weighted by Crippen LogP contribution is -2.36. The van der Waals surface area contributed by atoms with E-state index in [0.29, 0.717) is 18.9 Å². The Kier molecular flexibility index (Phi) is 6.34. The van der Waals surface area contributed by atoms with Gasteiger partial charge in [0.25, 0.3) is 0 Å². The van der Waals surface area contributed by atoms with Gasteiger partial charge in [0.15, 0.2) is 0 Å². The maximum atomic E-state index is 8.77. The topological polar surface area (TPSA) is 53.0 Å². The van der Waals surface area contributed by atoms with E-state index in [4.69, 9.17) is 11.0 Å². The van der Waals surface area contributed by atoms with Gasteiger partial charge in [-0.15, -0.1) is 11.3 Å². The van der Waals surface area contributed by atoms with Crippen LogP contribution >= 0.6 is 11.3 Å². The summed E-state index contributed by atoms with van der Waals surface area (Å²) in [7, 11) is 0. The number of nitrogens with two attached hydrogens (primary N) is 1. The van der Waals surface area contributed by atoms with Gasteiger partial charge in [-0.2, -0.15) is 5.26 Å². The maximum absolute atomic E-state index is 8.77. The van der Waals surface area contributed by atoms with Gasteiger partial charge < -0.3 is 5.73 Å². The average molecular weight is 265 g/mol. The largest absolute Gasteiger partial charge is 0.329 e. The van der Waals surface area contributed by atoms with Crippen molar-refractivity contribution < 1.29 is 0 Å². The van der Waals surface area contributed by atoms with Gasteiger partial charge in [-0.25, -0.2) is 0 Å². The summed E-state index contributed by atoms with van der Waals surface area (Å²) >= 11 is 1.80. The zero-order valence-electron chi connectivity index (χ0n) is 11.5. The van der Waals surface area contributed by atoms with E-state index in [0.717, 1.165) is 13.1 Å². The minimum Gasteiger partial charge on any atom is -0.329 e. The highest BCUT2D eigenvalue weighted by Gasteiger charge is 2.20. The van der Waals surface area contributed by atoms with Crippen molar-refractivity contribution >= 4 is 11.3 Å². The summed E-state index contributed by atoms with van der Waals surface area (Å²) in [6.07, 6.45) is 0.563. The van der Waals surface area contributed by atoms with Crippen molar-refractivity contribution in [1.29, 1.82) is 5.26 Å². The summed E-state index contributed by atoms with van der Waals surface area (Å²) in [5, 5.41) is 8.77. The molecule has 0 spiro atoms. The number of aryl methyl sites for hydroxylation is 1. The van der Waals surface area contributed by atoms with Crippen molar-refractivity contribution in [3.05, 3.63) is 21.9 Å². The SMILES string of the molecule is Cc1ccc(C(CN)N(CCC#N)CC(C)C)s1. The molecule has 18 heavy (non-hydrogen) atoms. The van der Waals surface area contributed by atoms with Crippen LogP contribution in [0.5, 0.6) is 0 Å². The number of hydrogen-bond donors (Lipinski definition) is 1. The second-order valence-electron chi connectivity index (χ2n) is 5.00. The Morgan fingerprint density at radius 1 is 1.44 bits per heavy atom. The minimum absolute atomic E-state index is 0.249. The van der Waals surface area contributed by atoms with E-state index in [9.17, 15) is 0 Å². The van der Waals surface area contributed by atoms with Crippen LogP contribution in [0.1, 0.15) is 36.1 Å². The molecule has 0 saturated heterocycles. The summed E-state index contributed by atoms with van der Waals surface area (Å²) in [4.78, 5) is 4.97. The van der Waals surface area contributed by atoms with Crippen molar-refractivity contribution in [2.24, 2.45) is 11.7 Å². The molecule has 1 heterocycles. The first-order valence-corrected chi connectivity index (χ1v) is 7.27. The molecule has 2 N–H and O–H groups in total. The molecule has 0 aliphatic rings. The van der Waals surface area contributed by atoms with Crippen molar-refractivity contribution in [1.82, 2.24) is 4.90 Å². The van der Waals surface area contributed by atoms with Gasteiger partial charge in [0.1, 0.15) is 0 Å². The molecule has 4 heteroatoms. The van der Waals surface area contributed by atoms with Gasteiger partial charge >= 0.3 is 0 Å². The molecular formula is C14H23N3S. The van der Waals surface area contributed by atoms with Crippen LogP contribution in [0, 0.1) is 24.2 Å². The Hall–Kier alpha value is -0.890. The van der Waals surface area contributed by atoms with E-state index in [1.165, 1.54) is 9.75 Å². The molecule has 0 aromatic carbocycles. The summed E-state index contributed by atoms with van der Waals surface area (Å²) in [5.41, 5.74) is 5.94. The van der Waals surface area contributed by atoms with Crippen LogP contribution < -0.4 is 5.73 Å². The fourth-order valence-corrected chi connectivity index (χ4v) is 3.14. The molecule has 1 aromatic rings. The van der Waals surface area contributed by atoms with E-state index in [1.807, 2.05) is 0 Å². The molecule has 0 bridgehead atoms. The number of thiophene rings is 1. The van der Waals surface area contributed by atoms with Crippen molar-refractivity contribution in [2.45, 2.75) is 33.2 Å². The Bertz CT molecular complexity index is 392. The van der Waals surface area contributed by atoms with Crippen LogP contribution in [0.15, 0.2) is 12.1 Å². The van der Waals surface area contributed by atoms with Crippen LogP contribution in [0.25, 0.3) is 0 Å². The van der Waals surface area contributed by atoms with E-state index >= 15 is 0 Å². The predicted octanol–water partition coefficient (Wildman–Crippen LogP) is 2.93. The Morgan fingerprint density at radius 3 is 2.61 bits per heavy atom. The van der Waals surface area contributed by atoms with E-state index in [-0.39, 0.29) is 6.04 Å². The van der Waals surface area contributed by atoms with Crippen molar-refractivity contribution in [2.75, 3.05) is 19.6 Å². The molecule has 0 amide bonds. The van der Waals surface area contributed by atoms with Crippen LogP contribution in [-0.4, -0.2) is 24.5 Å². The fourth-order valence-electron chi connectivity index (χ4n) is 2.11. The molecule has 1 rings (SSSR count). The van der Waals surface area contributed by atoms with E-state index in [2.05, 4.69) is 43.9 Å². The molecule has 0 saturated carbocycles. The molecule has 1 atom stereocenters. The summed E-state index contributed by atoms with van der Waals surface area (Å²) in [6.45, 7) is 8.91. The number of nitriles is 1. The van der Waals surface area contributed by atoms with Crippen LogP contribution in [0.4, 0.5) is 0 Å². The second kappa shape index (κ2) is 7.52. The molecule has 100 valence electrons. The lowest BCUT2D eigenvalue weighted by Gasteiger charge is -2.31. The first kappa shape index (κ1) is 15.2. The molecule has 3 nitrogen and oxygen atoms in total. The lowest BCUT2D eigenvalue weighted by atomic mass is 10.1. The van der Waals surface area contributed by atoms with Crippen LogP contribution in [0.2, 0.25) is 0 Å². The molecular weight excluding hydrogens is 242 g/mol. The molecule has 0 fully saturated rings. The van der Waals surface area contributed by atoms with Crippen LogP contribution in [0.3, 0.4) is 0 Å². The van der Waals surface area contributed by atoms with E-state index in [1.54, 1.807) is 11.3 Å². The normalized spacial score (nSPS) is 12.9. The van der Waals surface area contributed by atoms with Gasteiger partial charge in [0.05, 0.1) is 12.1 Å². The molecule has 0 aliphatic heterocycles. The summed E-state index contributed by atoms with van der Waals surface area (Å²) < 4.78 is 0. The average Bonchev–Trinajstić information content (AvgIpc) is 2.72. The highest BCUT2D eigenvalue weighted by atomic mass is 32.1. The zero-order valence-corrected chi connectivity index (χ0v) is 12.3. The number of nitrogens with zero attached hydrogens (tertiary/aromatic N) is 2. The van der Waals surface area contributed by atoms with Gasteiger partial charge in [0, 0.05) is 35.8 Å². The predicted molar refractivity (Wildman–Crippen MR) is 77.5 cm³/mol. The Morgan fingerprint density at radius 2 is 2.17 bits per heavy atom. The standard InChI is InChI=1S/C14H23N3S/c1-11(2)10-17(8-4-7-15)13(9-16)14-6-5-12(3)18-14/h5-6,11,13H,4,8-10,16H2,1-3H3. The van der Waals surface area contributed by atoms with Crippen molar-refractivity contribution in [3.63, 3.8) is 0 Å². The van der Waals surface area contributed by atoms with Gasteiger partial charge in [-0.1, -0.05) is 13.8 Å². The van der Waals surface area contributed by atoms with E-state index < -0.39 is 0 Å². The minimum atomic E-state index is 0.249. The molecule has 0 aliphatic carbocycles. The molecule has 1 unspecified atom stereocenters. The third-order valence-corrected chi connectivity index (χ3v) is 3.97. The van der Waals surface area contributed by atoms with Crippen molar-refractivity contribution in [3.8, 4) is 6.07 Å². The highest BCUT2D eigenvalue weighted by Crippen LogP contribution is 2.27. The maximum Gasteiger partial charge on any atom is 0.0635 e. The molecule has 0 radical (unpaired) electrons. The summed E-state index contributed by atoms with van der Waals surface area (Å²) in [6, 6.07) is 6.78. The quantitative estimate of drug-likeness (QED) is 0.824. The van der Waals surface area contributed by atoms with Gasteiger partial charge in [-0.3, -0.25) is 4.90 Å². The first-order valence-electron chi connectivity index (χ1n) is 6.45. The summed E-state index contributed by atoms with van der Waals surface area (Å²) in [5.74, 6) is 0.582. The Labute approximate surface area is 114 Å². The highest BCUT2D eigenvalue weighted by molar-refractivity contribution is 7.12. The fraction of sp³-hybridized carbons (Fsp3) is 0.643. The lowest BCUT2D eigenvalue weighted by molar-refractivity contribution is 0.186. The van der Waals surface area contributed by atoms with Gasteiger partial charge in [-0.05, 0) is 25.0 Å². The second-order valence-corrected chi connectivity index (χ2v) is 6.32. The third-order valence-electron chi connectivity index (χ3n) is 2.86. The zero-order chi connectivity index (χ0) is 13.5. The van der Waals surface area contributed by atoms with Gasteiger partial charge in [0.2, 0.25) is 0 Å². The number of rotatable bonds is 7. The first-order chi connectivity index (χ1) is 8.58. The third kappa shape index (κ3) is 4.41. The monoisotopic (exact) mass is 265 g/mol. The molecule has 1 aromatic heterocycles. The van der Waals surface area contributed by atoms with Crippen LogP contribution in [-0.2, 0) is 0 Å². The Balaban J connectivity index is 2.82. The number of hydrogen-bond acceptors (Lipinski definition) is 4.